The summed E-state index contributed by atoms with van der Waals surface area (Å²) < 4.78 is 15.6. The number of hydrogen-bond donors (Lipinski definition) is 0. The molecule has 1 aromatic heterocycles. The maximum Gasteiger partial charge on any atom is 0.342 e. The number of aryl methyl sites for hydroxylation is 2. The van der Waals surface area contributed by atoms with Gasteiger partial charge in [0, 0.05) is 5.56 Å². The molecule has 2 rings (SSSR count). The number of furan rings is 1. The fourth-order valence-corrected chi connectivity index (χ4v) is 2.25. The largest absolute Gasteiger partial charge is 0.496 e. The Hall–Kier alpha value is -2.56. The molecule has 0 saturated heterocycles. The highest BCUT2D eigenvalue weighted by atomic mass is 16.5. The molecule has 5 nitrogen and oxygen atoms in total. The van der Waals surface area contributed by atoms with Crippen LogP contribution >= 0.6 is 0 Å². The van der Waals surface area contributed by atoms with Crippen molar-refractivity contribution >= 4 is 11.8 Å². The Labute approximate surface area is 128 Å². The first kappa shape index (κ1) is 15.8. The molecule has 0 aliphatic rings. The number of benzene rings is 1. The number of para-hydroxylation sites is 1. The van der Waals surface area contributed by atoms with E-state index in [0.29, 0.717) is 28.4 Å². The van der Waals surface area contributed by atoms with E-state index in [0.717, 1.165) is 5.56 Å². The summed E-state index contributed by atoms with van der Waals surface area (Å²) in [6.45, 7) is 4.91. The van der Waals surface area contributed by atoms with E-state index in [1.165, 1.54) is 7.11 Å². The molecular formula is C17H18O5. The van der Waals surface area contributed by atoms with Gasteiger partial charge < -0.3 is 13.9 Å². The normalized spacial score (nSPS) is 10.4. The average molecular weight is 302 g/mol. The van der Waals surface area contributed by atoms with Crippen LogP contribution in [0.4, 0.5) is 0 Å². The van der Waals surface area contributed by atoms with Crippen LogP contribution in [0.2, 0.25) is 0 Å². The first-order valence-corrected chi connectivity index (χ1v) is 6.85. The zero-order chi connectivity index (χ0) is 16.3. The van der Waals surface area contributed by atoms with Gasteiger partial charge in [0.25, 0.3) is 0 Å². The quantitative estimate of drug-likeness (QED) is 0.626. The minimum Gasteiger partial charge on any atom is -0.496 e. The van der Waals surface area contributed by atoms with Crippen LogP contribution in [0.15, 0.2) is 28.7 Å². The summed E-state index contributed by atoms with van der Waals surface area (Å²) in [6, 6.07) is 6.81. The summed E-state index contributed by atoms with van der Waals surface area (Å²) in [5, 5.41) is 0. The van der Waals surface area contributed by atoms with Crippen LogP contribution in [0.3, 0.4) is 0 Å². The molecule has 0 saturated carbocycles. The van der Waals surface area contributed by atoms with Crippen molar-refractivity contribution < 1.29 is 23.5 Å². The van der Waals surface area contributed by atoms with Gasteiger partial charge in [-0.25, -0.2) is 4.79 Å². The molecule has 1 heterocycles. The van der Waals surface area contributed by atoms with Crippen LogP contribution in [0, 0.1) is 20.8 Å². The molecule has 22 heavy (non-hydrogen) atoms. The zero-order valence-corrected chi connectivity index (χ0v) is 13.1. The number of ketones is 1. The monoisotopic (exact) mass is 302 g/mol. The maximum atomic E-state index is 12.2. The van der Waals surface area contributed by atoms with Gasteiger partial charge in [0.05, 0.1) is 12.7 Å². The molecule has 2 aromatic rings. The summed E-state index contributed by atoms with van der Waals surface area (Å²) >= 11 is 0. The van der Waals surface area contributed by atoms with Gasteiger partial charge in [0.1, 0.15) is 22.8 Å². The van der Waals surface area contributed by atoms with E-state index in [1.54, 1.807) is 45.0 Å². The van der Waals surface area contributed by atoms with Gasteiger partial charge in [-0.2, -0.15) is 0 Å². The van der Waals surface area contributed by atoms with Crippen molar-refractivity contribution in [2.45, 2.75) is 20.8 Å². The fraction of sp³-hybridized carbons (Fsp3) is 0.294. The van der Waals surface area contributed by atoms with Gasteiger partial charge in [-0.05, 0) is 32.9 Å². The first-order valence-electron chi connectivity index (χ1n) is 6.85. The van der Waals surface area contributed by atoms with Crippen molar-refractivity contribution in [1.82, 2.24) is 0 Å². The Morgan fingerprint density at radius 3 is 2.36 bits per heavy atom. The van der Waals surface area contributed by atoms with Crippen LogP contribution in [-0.2, 0) is 4.74 Å². The minimum atomic E-state index is -0.560. The molecular weight excluding hydrogens is 284 g/mol. The second kappa shape index (κ2) is 6.47. The number of Topliss-reactive ketones (excluding diaryl/α,β-unsaturated/α-hetero) is 1. The summed E-state index contributed by atoms with van der Waals surface area (Å²) in [6.07, 6.45) is 0. The Morgan fingerprint density at radius 1 is 1.09 bits per heavy atom. The second-order valence-corrected chi connectivity index (χ2v) is 4.91. The van der Waals surface area contributed by atoms with E-state index in [2.05, 4.69) is 0 Å². The number of rotatable bonds is 5. The number of esters is 1. The van der Waals surface area contributed by atoms with Gasteiger partial charge in [-0.3, -0.25) is 4.79 Å². The van der Waals surface area contributed by atoms with E-state index < -0.39 is 5.97 Å². The smallest absolute Gasteiger partial charge is 0.342 e. The number of carbonyl (C=O) groups is 2. The third-order valence-corrected chi connectivity index (χ3v) is 3.51. The molecule has 5 heteroatoms. The predicted molar refractivity (Wildman–Crippen MR) is 80.5 cm³/mol. The zero-order valence-electron chi connectivity index (χ0n) is 13.1. The SMILES string of the molecule is COc1ccccc1C(=O)COC(=O)c1c(C)oc(C)c1C. The van der Waals surface area contributed by atoms with E-state index in [1.807, 2.05) is 0 Å². The summed E-state index contributed by atoms with van der Waals surface area (Å²) in [5.74, 6) is 0.733. The van der Waals surface area contributed by atoms with Crippen molar-refractivity contribution in [3.8, 4) is 5.75 Å². The molecule has 0 N–H and O–H groups in total. The Morgan fingerprint density at radius 2 is 1.77 bits per heavy atom. The van der Waals surface area contributed by atoms with Gasteiger partial charge in [0.15, 0.2) is 6.61 Å². The first-order chi connectivity index (χ1) is 10.5. The van der Waals surface area contributed by atoms with Gasteiger partial charge in [0.2, 0.25) is 5.78 Å². The Bertz CT molecular complexity index is 712. The number of ether oxygens (including phenoxy) is 2. The molecule has 1 aromatic carbocycles. The van der Waals surface area contributed by atoms with Gasteiger partial charge in [-0.1, -0.05) is 12.1 Å². The summed E-state index contributed by atoms with van der Waals surface area (Å²) in [5.41, 5.74) is 1.49. The molecule has 0 spiro atoms. The molecule has 0 fully saturated rings. The van der Waals surface area contributed by atoms with Crippen LogP contribution in [0.5, 0.6) is 5.75 Å². The van der Waals surface area contributed by atoms with Crippen LogP contribution in [0.25, 0.3) is 0 Å². The summed E-state index contributed by atoms with van der Waals surface area (Å²) in [7, 11) is 1.49. The molecule has 0 radical (unpaired) electrons. The minimum absolute atomic E-state index is 0.318. The van der Waals surface area contributed by atoms with E-state index in [4.69, 9.17) is 13.9 Å². The molecule has 0 unspecified atom stereocenters. The Kier molecular flexibility index (Phi) is 4.65. The number of hydrogen-bond acceptors (Lipinski definition) is 5. The summed E-state index contributed by atoms with van der Waals surface area (Å²) in [4.78, 5) is 24.3. The highest BCUT2D eigenvalue weighted by molar-refractivity contribution is 6.01. The third-order valence-electron chi connectivity index (χ3n) is 3.51. The van der Waals surface area contributed by atoms with E-state index in [9.17, 15) is 9.59 Å². The molecule has 0 aliphatic heterocycles. The highest BCUT2D eigenvalue weighted by Crippen LogP contribution is 2.22. The van der Waals surface area contributed by atoms with Crippen LogP contribution < -0.4 is 4.74 Å². The highest BCUT2D eigenvalue weighted by Gasteiger charge is 2.21. The number of methoxy groups -OCH3 is 1. The predicted octanol–water partition coefficient (Wildman–Crippen LogP) is 3.25. The molecule has 0 atom stereocenters. The third kappa shape index (κ3) is 3.03. The van der Waals surface area contributed by atoms with Gasteiger partial charge >= 0.3 is 5.97 Å². The van der Waals surface area contributed by atoms with Crippen molar-refractivity contribution in [2.75, 3.05) is 13.7 Å². The standard InChI is InChI=1S/C17H18O5/c1-10-11(2)22-12(3)16(10)17(19)21-9-14(18)13-7-5-6-8-15(13)20-4/h5-8H,9H2,1-4H3. The number of carbonyl (C=O) groups excluding carboxylic acids is 2. The average Bonchev–Trinajstić information content (AvgIpc) is 2.77. The molecule has 0 bridgehead atoms. The van der Waals surface area contributed by atoms with Crippen molar-refractivity contribution in [1.29, 1.82) is 0 Å². The topological polar surface area (TPSA) is 65.7 Å². The Balaban J connectivity index is 2.09. The van der Waals surface area contributed by atoms with Crippen molar-refractivity contribution in [3.63, 3.8) is 0 Å². The van der Waals surface area contributed by atoms with E-state index >= 15 is 0 Å². The lowest BCUT2D eigenvalue weighted by molar-refractivity contribution is 0.0471. The second-order valence-electron chi connectivity index (χ2n) is 4.91. The van der Waals surface area contributed by atoms with Crippen molar-refractivity contribution in [2.24, 2.45) is 0 Å². The van der Waals surface area contributed by atoms with Gasteiger partial charge in [-0.15, -0.1) is 0 Å². The molecule has 116 valence electrons. The lowest BCUT2D eigenvalue weighted by Crippen LogP contribution is -2.15. The lowest BCUT2D eigenvalue weighted by Gasteiger charge is -2.08. The van der Waals surface area contributed by atoms with Crippen LogP contribution in [-0.4, -0.2) is 25.5 Å². The van der Waals surface area contributed by atoms with Crippen LogP contribution in [0.1, 0.15) is 37.8 Å². The molecule has 0 amide bonds. The fourth-order valence-electron chi connectivity index (χ4n) is 2.25. The maximum absolute atomic E-state index is 12.2. The van der Waals surface area contributed by atoms with E-state index in [-0.39, 0.29) is 12.4 Å². The lowest BCUT2D eigenvalue weighted by atomic mass is 10.1. The van der Waals surface area contributed by atoms with Crippen molar-refractivity contribution in [3.05, 3.63) is 52.5 Å². The molecule has 0 aliphatic carbocycles.